The second-order valence-corrected chi connectivity index (χ2v) is 5.87. The molecule has 0 bridgehead atoms. The Kier molecular flexibility index (Phi) is 6.69. The standard InChI is InChI=1S/C17H23N3O7/c1-25-12-7-11(8-13(26-2)15(12)27-3)19-17(24)18-4-5-20-9-10(16(22)23)6-14(20)21/h7-8,10H,4-6,9H2,1-3H3,(H,22,23)(H2,18,19,24). The maximum atomic E-state index is 12.1. The van der Waals surface area contributed by atoms with E-state index in [-0.39, 0.29) is 32.0 Å². The summed E-state index contributed by atoms with van der Waals surface area (Å²) in [7, 11) is 4.42. The predicted octanol–water partition coefficient (Wildman–Crippen LogP) is 0.767. The van der Waals surface area contributed by atoms with Gasteiger partial charge in [-0.1, -0.05) is 0 Å². The number of carbonyl (C=O) groups is 3. The molecule has 1 heterocycles. The van der Waals surface area contributed by atoms with Crippen LogP contribution in [0.4, 0.5) is 10.5 Å². The molecule has 0 aliphatic carbocycles. The quantitative estimate of drug-likeness (QED) is 0.607. The Bertz CT molecular complexity index is 697. The zero-order valence-electron chi connectivity index (χ0n) is 15.4. The number of carbonyl (C=O) groups excluding carboxylic acids is 2. The third kappa shape index (κ3) is 4.93. The number of carboxylic acid groups (broad SMARTS) is 1. The van der Waals surface area contributed by atoms with Crippen LogP contribution >= 0.6 is 0 Å². The topological polar surface area (TPSA) is 126 Å². The Labute approximate surface area is 156 Å². The van der Waals surface area contributed by atoms with Gasteiger partial charge in [0, 0.05) is 38.2 Å². The van der Waals surface area contributed by atoms with Crippen molar-refractivity contribution in [3.8, 4) is 17.2 Å². The first-order chi connectivity index (χ1) is 12.9. The molecule has 27 heavy (non-hydrogen) atoms. The molecule has 1 aliphatic rings. The van der Waals surface area contributed by atoms with Gasteiger partial charge in [0.05, 0.1) is 32.9 Å². The molecule has 1 atom stereocenters. The maximum Gasteiger partial charge on any atom is 0.319 e. The number of anilines is 1. The highest BCUT2D eigenvalue weighted by molar-refractivity contribution is 5.90. The number of urea groups is 1. The molecule has 10 nitrogen and oxygen atoms in total. The number of rotatable bonds is 8. The van der Waals surface area contributed by atoms with E-state index in [4.69, 9.17) is 19.3 Å². The lowest BCUT2D eigenvalue weighted by molar-refractivity contribution is -0.141. The van der Waals surface area contributed by atoms with Gasteiger partial charge in [0.15, 0.2) is 11.5 Å². The van der Waals surface area contributed by atoms with Crippen molar-refractivity contribution in [3.05, 3.63) is 12.1 Å². The number of ether oxygens (including phenoxy) is 3. The van der Waals surface area contributed by atoms with Crippen molar-refractivity contribution in [2.45, 2.75) is 6.42 Å². The van der Waals surface area contributed by atoms with Crippen LogP contribution in [0.3, 0.4) is 0 Å². The highest BCUT2D eigenvalue weighted by Crippen LogP contribution is 2.39. The van der Waals surface area contributed by atoms with Crippen LogP contribution in [0.5, 0.6) is 17.2 Å². The van der Waals surface area contributed by atoms with Gasteiger partial charge in [-0.25, -0.2) is 4.79 Å². The van der Waals surface area contributed by atoms with Crippen molar-refractivity contribution in [3.63, 3.8) is 0 Å². The summed E-state index contributed by atoms with van der Waals surface area (Å²) in [6, 6.07) is 2.69. The molecule has 1 aromatic carbocycles. The molecule has 1 unspecified atom stereocenters. The van der Waals surface area contributed by atoms with Gasteiger partial charge in [-0.15, -0.1) is 0 Å². The number of hydrogen-bond donors (Lipinski definition) is 3. The second kappa shape index (κ2) is 8.97. The lowest BCUT2D eigenvalue weighted by atomic mass is 10.1. The molecule has 148 valence electrons. The van der Waals surface area contributed by atoms with Crippen LogP contribution in [0.25, 0.3) is 0 Å². The summed E-state index contributed by atoms with van der Waals surface area (Å²) in [6.07, 6.45) is -0.00698. The van der Waals surface area contributed by atoms with E-state index in [1.165, 1.54) is 26.2 Å². The fourth-order valence-electron chi connectivity index (χ4n) is 2.79. The summed E-state index contributed by atoms with van der Waals surface area (Å²) < 4.78 is 15.7. The Morgan fingerprint density at radius 1 is 1.19 bits per heavy atom. The number of likely N-dealkylation sites (tertiary alicyclic amines) is 1. The number of methoxy groups -OCH3 is 3. The van der Waals surface area contributed by atoms with Gasteiger partial charge < -0.3 is 34.9 Å². The molecular weight excluding hydrogens is 358 g/mol. The van der Waals surface area contributed by atoms with Crippen molar-refractivity contribution >= 4 is 23.6 Å². The van der Waals surface area contributed by atoms with E-state index in [9.17, 15) is 14.4 Å². The number of aliphatic carboxylic acids is 1. The summed E-state index contributed by atoms with van der Waals surface area (Å²) in [5.74, 6) is -0.700. The third-order valence-corrected chi connectivity index (χ3v) is 4.15. The lowest BCUT2D eigenvalue weighted by Crippen LogP contribution is -2.37. The first-order valence-corrected chi connectivity index (χ1v) is 8.25. The van der Waals surface area contributed by atoms with Crippen LogP contribution in [0, 0.1) is 5.92 Å². The van der Waals surface area contributed by atoms with E-state index in [1.54, 1.807) is 12.1 Å². The van der Waals surface area contributed by atoms with Crippen molar-refractivity contribution < 1.29 is 33.7 Å². The molecule has 1 aliphatic heterocycles. The number of amides is 3. The van der Waals surface area contributed by atoms with Gasteiger partial charge in [-0.05, 0) is 0 Å². The van der Waals surface area contributed by atoms with Crippen LogP contribution in [0.2, 0.25) is 0 Å². The molecule has 3 amide bonds. The van der Waals surface area contributed by atoms with Crippen LogP contribution in [-0.2, 0) is 9.59 Å². The summed E-state index contributed by atoms with van der Waals surface area (Å²) in [5, 5.41) is 14.2. The molecule has 0 saturated carbocycles. The molecule has 1 fully saturated rings. The predicted molar refractivity (Wildman–Crippen MR) is 95.4 cm³/mol. The number of benzene rings is 1. The van der Waals surface area contributed by atoms with Gasteiger partial charge in [0.25, 0.3) is 0 Å². The Hall–Kier alpha value is -3.17. The first kappa shape index (κ1) is 20.1. The molecule has 0 aromatic heterocycles. The third-order valence-electron chi connectivity index (χ3n) is 4.15. The van der Waals surface area contributed by atoms with Crippen LogP contribution in [0.1, 0.15) is 6.42 Å². The summed E-state index contributed by atoms with van der Waals surface area (Å²) in [6.45, 7) is 0.587. The molecule has 1 saturated heterocycles. The van der Waals surface area contributed by atoms with Crippen molar-refractivity contribution in [2.24, 2.45) is 5.92 Å². The molecule has 0 radical (unpaired) electrons. The fraction of sp³-hybridized carbons (Fsp3) is 0.471. The highest BCUT2D eigenvalue weighted by Gasteiger charge is 2.33. The van der Waals surface area contributed by atoms with Gasteiger partial charge in [0.1, 0.15) is 0 Å². The van der Waals surface area contributed by atoms with Crippen LogP contribution < -0.4 is 24.8 Å². The van der Waals surface area contributed by atoms with E-state index >= 15 is 0 Å². The highest BCUT2D eigenvalue weighted by atomic mass is 16.5. The lowest BCUT2D eigenvalue weighted by Gasteiger charge is -2.17. The SMILES string of the molecule is COc1cc(NC(=O)NCCN2CC(C(=O)O)CC2=O)cc(OC)c1OC. The molecule has 2 rings (SSSR count). The summed E-state index contributed by atoms with van der Waals surface area (Å²) >= 11 is 0. The normalized spacial score (nSPS) is 16.0. The minimum absolute atomic E-state index is 0.00698. The van der Waals surface area contributed by atoms with E-state index < -0.39 is 17.9 Å². The van der Waals surface area contributed by atoms with E-state index in [0.717, 1.165) is 0 Å². The minimum atomic E-state index is -0.987. The maximum absolute atomic E-state index is 12.1. The van der Waals surface area contributed by atoms with Gasteiger partial charge in [-0.2, -0.15) is 0 Å². The number of nitrogens with one attached hydrogen (secondary N) is 2. The zero-order valence-corrected chi connectivity index (χ0v) is 15.4. The molecule has 3 N–H and O–H groups in total. The van der Waals surface area contributed by atoms with Crippen molar-refractivity contribution in [1.29, 1.82) is 0 Å². The van der Waals surface area contributed by atoms with Gasteiger partial charge in [-0.3, -0.25) is 9.59 Å². The minimum Gasteiger partial charge on any atom is -0.493 e. The zero-order chi connectivity index (χ0) is 20.0. The van der Waals surface area contributed by atoms with Crippen LogP contribution in [-0.4, -0.2) is 68.9 Å². The van der Waals surface area contributed by atoms with Crippen LogP contribution in [0.15, 0.2) is 12.1 Å². The monoisotopic (exact) mass is 381 g/mol. The largest absolute Gasteiger partial charge is 0.493 e. The smallest absolute Gasteiger partial charge is 0.319 e. The average Bonchev–Trinajstić information content (AvgIpc) is 3.02. The van der Waals surface area contributed by atoms with E-state index in [0.29, 0.717) is 22.9 Å². The average molecular weight is 381 g/mol. The van der Waals surface area contributed by atoms with E-state index in [2.05, 4.69) is 10.6 Å². The fourth-order valence-corrected chi connectivity index (χ4v) is 2.79. The number of nitrogens with zero attached hydrogens (tertiary/aromatic N) is 1. The van der Waals surface area contributed by atoms with E-state index in [1.807, 2.05) is 0 Å². The molecule has 1 aromatic rings. The Morgan fingerprint density at radius 2 is 1.81 bits per heavy atom. The summed E-state index contributed by atoms with van der Waals surface area (Å²) in [4.78, 5) is 36.2. The van der Waals surface area contributed by atoms with Crippen molar-refractivity contribution in [2.75, 3.05) is 46.3 Å². The first-order valence-electron chi connectivity index (χ1n) is 8.25. The molecular formula is C17H23N3O7. The molecule has 0 spiro atoms. The Morgan fingerprint density at radius 3 is 2.30 bits per heavy atom. The van der Waals surface area contributed by atoms with Gasteiger partial charge in [0.2, 0.25) is 11.7 Å². The Balaban J connectivity index is 1.89. The number of carboxylic acids is 1. The van der Waals surface area contributed by atoms with Crippen molar-refractivity contribution in [1.82, 2.24) is 10.2 Å². The molecule has 10 heteroatoms. The summed E-state index contributed by atoms with van der Waals surface area (Å²) in [5.41, 5.74) is 0.435. The van der Waals surface area contributed by atoms with Gasteiger partial charge >= 0.3 is 12.0 Å². The number of hydrogen-bond acceptors (Lipinski definition) is 6. The second-order valence-electron chi connectivity index (χ2n) is 5.87.